The average Bonchev–Trinajstić information content (AvgIpc) is 2.84. The molecule has 0 fully saturated rings. The Bertz CT molecular complexity index is 1300. The zero-order chi connectivity index (χ0) is 25.4. The number of halogens is 2. The fraction of sp³-hybridized carbons (Fsp3) is 0.115. The van der Waals surface area contributed by atoms with Crippen molar-refractivity contribution < 1.29 is 23.5 Å². The Balaban J connectivity index is 1.72. The lowest BCUT2D eigenvalue weighted by Crippen LogP contribution is -2.20. The molecule has 0 aliphatic carbocycles. The number of amides is 2. The summed E-state index contributed by atoms with van der Waals surface area (Å²) in [4.78, 5) is 24.8. The van der Waals surface area contributed by atoms with Gasteiger partial charge in [-0.3, -0.25) is 9.59 Å². The molecule has 0 aliphatic rings. The van der Waals surface area contributed by atoms with Crippen molar-refractivity contribution in [1.29, 1.82) is 5.26 Å². The predicted molar refractivity (Wildman–Crippen MR) is 135 cm³/mol. The minimum absolute atomic E-state index is 0.105. The molecule has 2 N–H and O–H groups in total. The normalized spacial score (nSPS) is 10.8. The van der Waals surface area contributed by atoms with Gasteiger partial charge >= 0.3 is 0 Å². The Morgan fingerprint density at radius 2 is 1.69 bits per heavy atom. The van der Waals surface area contributed by atoms with Crippen LogP contribution in [0.2, 0.25) is 0 Å². The number of benzene rings is 3. The van der Waals surface area contributed by atoms with Gasteiger partial charge in [-0.25, -0.2) is 4.39 Å². The molecule has 0 unspecified atom stereocenters. The Morgan fingerprint density at radius 1 is 1.06 bits per heavy atom. The second kappa shape index (κ2) is 11.8. The van der Waals surface area contributed by atoms with E-state index in [4.69, 9.17) is 9.47 Å². The molecule has 35 heavy (non-hydrogen) atoms. The summed E-state index contributed by atoms with van der Waals surface area (Å²) in [5.74, 6) is -0.856. The van der Waals surface area contributed by atoms with Gasteiger partial charge in [-0.05, 0) is 83.0 Å². The number of aryl methyl sites for hydroxylation is 1. The lowest BCUT2D eigenvalue weighted by atomic mass is 10.1. The Morgan fingerprint density at radius 3 is 2.31 bits per heavy atom. The van der Waals surface area contributed by atoms with Crippen LogP contribution >= 0.6 is 15.9 Å². The van der Waals surface area contributed by atoms with E-state index in [-0.39, 0.29) is 23.7 Å². The molecular weight excluding hydrogens is 517 g/mol. The van der Waals surface area contributed by atoms with Crippen molar-refractivity contribution in [3.8, 4) is 17.6 Å². The molecule has 2 amide bonds. The highest BCUT2D eigenvalue weighted by molar-refractivity contribution is 9.10. The van der Waals surface area contributed by atoms with Crippen molar-refractivity contribution in [2.75, 3.05) is 24.4 Å². The van der Waals surface area contributed by atoms with Crippen LogP contribution in [0.5, 0.6) is 11.5 Å². The molecule has 0 radical (unpaired) electrons. The molecule has 9 heteroatoms. The van der Waals surface area contributed by atoms with Gasteiger partial charge in [0.1, 0.15) is 17.5 Å². The number of nitrogens with one attached hydrogen (secondary N) is 2. The largest absolute Gasteiger partial charge is 0.493 e. The number of ether oxygens (including phenoxy) is 2. The van der Waals surface area contributed by atoms with Crippen molar-refractivity contribution >= 4 is 45.2 Å². The van der Waals surface area contributed by atoms with Gasteiger partial charge in [0.25, 0.3) is 11.8 Å². The maximum Gasteiger partial charge on any atom is 0.266 e. The minimum Gasteiger partial charge on any atom is -0.493 e. The zero-order valence-electron chi connectivity index (χ0n) is 18.9. The van der Waals surface area contributed by atoms with E-state index in [9.17, 15) is 19.2 Å². The maximum absolute atomic E-state index is 13.0. The summed E-state index contributed by atoms with van der Waals surface area (Å²) in [6, 6.07) is 17.7. The standard InChI is InChI=1S/C26H21BrFN3O4/c1-16-3-7-21(8-4-16)31-26(33)18(14-29)11-17-12-22(27)25(23(13-17)34-2)35-15-24(32)30-20-9-5-19(28)6-10-20/h3-13H,15H2,1-2H3,(H,30,32)(H,31,33)/b18-11-. The van der Waals surface area contributed by atoms with E-state index >= 15 is 0 Å². The monoisotopic (exact) mass is 537 g/mol. The van der Waals surface area contributed by atoms with E-state index in [1.165, 1.54) is 37.5 Å². The van der Waals surface area contributed by atoms with Crippen LogP contribution in [0, 0.1) is 24.1 Å². The summed E-state index contributed by atoms with van der Waals surface area (Å²) < 4.78 is 24.5. The van der Waals surface area contributed by atoms with E-state index in [2.05, 4.69) is 26.6 Å². The first-order valence-electron chi connectivity index (χ1n) is 10.3. The number of rotatable bonds is 8. The summed E-state index contributed by atoms with van der Waals surface area (Å²) in [6.07, 6.45) is 1.42. The molecule has 0 aliphatic heterocycles. The molecule has 178 valence electrons. The van der Waals surface area contributed by atoms with Crippen molar-refractivity contribution in [3.63, 3.8) is 0 Å². The number of carbonyl (C=O) groups excluding carboxylic acids is 2. The highest BCUT2D eigenvalue weighted by atomic mass is 79.9. The van der Waals surface area contributed by atoms with Crippen LogP contribution in [0.1, 0.15) is 11.1 Å². The third-order valence-electron chi connectivity index (χ3n) is 4.71. The first kappa shape index (κ1) is 25.5. The number of nitriles is 1. The number of hydrogen-bond donors (Lipinski definition) is 2. The molecular formula is C26H21BrFN3O4. The molecule has 0 heterocycles. The van der Waals surface area contributed by atoms with Crippen molar-refractivity contribution in [2.45, 2.75) is 6.92 Å². The fourth-order valence-corrected chi connectivity index (χ4v) is 3.56. The van der Waals surface area contributed by atoms with Gasteiger partial charge in [-0.15, -0.1) is 0 Å². The van der Waals surface area contributed by atoms with Gasteiger partial charge in [0.05, 0.1) is 11.6 Å². The smallest absolute Gasteiger partial charge is 0.266 e. The summed E-state index contributed by atoms with van der Waals surface area (Å²) in [5, 5.41) is 14.8. The summed E-state index contributed by atoms with van der Waals surface area (Å²) in [6.45, 7) is 1.60. The number of methoxy groups -OCH3 is 1. The molecule has 0 atom stereocenters. The van der Waals surface area contributed by atoms with E-state index in [0.29, 0.717) is 21.4 Å². The van der Waals surface area contributed by atoms with E-state index < -0.39 is 17.6 Å². The highest BCUT2D eigenvalue weighted by Crippen LogP contribution is 2.37. The number of hydrogen-bond acceptors (Lipinski definition) is 5. The molecule has 3 aromatic rings. The van der Waals surface area contributed by atoms with Gasteiger partial charge < -0.3 is 20.1 Å². The number of nitrogens with zero attached hydrogens (tertiary/aromatic N) is 1. The molecule has 7 nitrogen and oxygen atoms in total. The predicted octanol–water partition coefficient (Wildman–Crippen LogP) is 5.47. The SMILES string of the molecule is COc1cc(/C=C(/C#N)C(=O)Nc2ccc(C)cc2)cc(Br)c1OCC(=O)Nc1ccc(F)cc1. The lowest BCUT2D eigenvalue weighted by Gasteiger charge is -2.14. The summed E-state index contributed by atoms with van der Waals surface area (Å²) in [7, 11) is 1.43. The average molecular weight is 538 g/mol. The second-order valence-electron chi connectivity index (χ2n) is 7.37. The fourth-order valence-electron chi connectivity index (χ4n) is 2.98. The van der Waals surface area contributed by atoms with Crippen LogP contribution in [0.15, 0.2) is 70.7 Å². The van der Waals surface area contributed by atoms with E-state index in [1.807, 2.05) is 25.1 Å². The van der Waals surface area contributed by atoms with E-state index in [1.54, 1.807) is 24.3 Å². The van der Waals surface area contributed by atoms with Crippen molar-refractivity contribution in [1.82, 2.24) is 0 Å². The Hall–Kier alpha value is -4.16. The summed E-state index contributed by atoms with van der Waals surface area (Å²) >= 11 is 3.38. The van der Waals surface area contributed by atoms with Gasteiger partial charge in [-0.1, -0.05) is 17.7 Å². The Kier molecular flexibility index (Phi) is 8.59. The van der Waals surface area contributed by atoms with E-state index in [0.717, 1.165) is 5.56 Å². The molecule has 0 spiro atoms. The first-order valence-corrected chi connectivity index (χ1v) is 11.1. The third-order valence-corrected chi connectivity index (χ3v) is 5.30. The lowest BCUT2D eigenvalue weighted by molar-refractivity contribution is -0.118. The van der Waals surface area contributed by atoms with Crippen LogP contribution < -0.4 is 20.1 Å². The van der Waals surface area contributed by atoms with Crippen LogP contribution in [0.4, 0.5) is 15.8 Å². The quantitative estimate of drug-likeness (QED) is 0.293. The number of carbonyl (C=O) groups is 2. The van der Waals surface area contributed by atoms with Crippen molar-refractivity contribution in [3.05, 3.63) is 87.7 Å². The molecule has 0 aromatic heterocycles. The molecule has 0 saturated heterocycles. The zero-order valence-corrected chi connectivity index (χ0v) is 20.5. The molecule has 3 aromatic carbocycles. The van der Waals surface area contributed by atoms with Gasteiger partial charge in [0, 0.05) is 11.4 Å². The van der Waals surface area contributed by atoms with Gasteiger partial charge in [0.15, 0.2) is 18.1 Å². The van der Waals surface area contributed by atoms with Crippen LogP contribution in [-0.2, 0) is 9.59 Å². The molecule has 0 saturated carbocycles. The molecule has 0 bridgehead atoms. The Labute approximate surface area is 210 Å². The second-order valence-corrected chi connectivity index (χ2v) is 8.22. The first-order chi connectivity index (χ1) is 16.8. The van der Waals surface area contributed by atoms with Crippen LogP contribution in [0.25, 0.3) is 6.08 Å². The molecule has 3 rings (SSSR count). The third kappa shape index (κ3) is 7.16. The van der Waals surface area contributed by atoms with Gasteiger partial charge in [-0.2, -0.15) is 5.26 Å². The van der Waals surface area contributed by atoms with Crippen LogP contribution in [-0.4, -0.2) is 25.5 Å². The summed E-state index contributed by atoms with van der Waals surface area (Å²) in [5.41, 5.74) is 2.45. The highest BCUT2D eigenvalue weighted by Gasteiger charge is 2.15. The topological polar surface area (TPSA) is 100 Å². The van der Waals surface area contributed by atoms with Crippen molar-refractivity contribution in [2.24, 2.45) is 0 Å². The van der Waals surface area contributed by atoms with Crippen LogP contribution in [0.3, 0.4) is 0 Å². The van der Waals surface area contributed by atoms with Gasteiger partial charge in [0.2, 0.25) is 0 Å². The maximum atomic E-state index is 13.0. The number of anilines is 2. The minimum atomic E-state index is -0.552.